The zero-order valence-corrected chi connectivity index (χ0v) is 12.4. The molecule has 5 nitrogen and oxygen atoms in total. The smallest absolute Gasteiger partial charge is 0.240 e. The zero-order chi connectivity index (χ0) is 14.8. The zero-order valence-electron chi connectivity index (χ0n) is 11.6. The summed E-state index contributed by atoms with van der Waals surface area (Å²) < 4.78 is 32.5. The number of hydrogen-bond donors (Lipinski definition) is 1. The Morgan fingerprint density at radius 2 is 1.90 bits per heavy atom. The summed E-state index contributed by atoms with van der Waals surface area (Å²) in [5.74, 6) is -0.0860. The number of carbonyl (C=O) groups excluding carboxylic acids is 1. The molecule has 1 N–H and O–H groups in total. The van der Waals surface area contributed by atoms with Crippen molar-refractivity contribution in [1.82, 2.24) is 4.72 Å². The first-order valence-corrected chi connectivity index (χ1v) is 8.08. The van der Waals surface area contributed by atoms with Gasteiger partial charge in [-0.3, -0.25) is 4.79 Å². The summed E-state index contributed by atoms with van der Waals surface area (Å²) in [6.07, 6.45) is 2.53. The first kappa shape index (κ1) is 15.2. The van der Waals surface area contributed by atoms with Crippen molar-refractivity contribution in [3.8, 4) is 0 Å². The number of carbonyl (C=O) groups is 1. The molecule has 0 amide bonds. The van der Waals surface area contributed by atoms with E-state index in [0.29, 0.717) is 5.56 Å². The van der Waals surface area contributed by atoms with Gasteiger partial charge in [-0.2, -0.15) is 0 Å². The Balaban J connectivity index is 2.15. The van der Waals surface area contributed by atoms with Crippen LogP contribution in [0.5, 0.6) is 0 Å². The van der Waals surface area contributed by atoms with Gasteiger partial charge in [0.2, 0.25) is 10.0 Å². The minimum Gasteiger partial charge on any atom is -0.380 e. The third-order valence-corrected chi connectivity index (χ3v) is 5.14. The van der Waals surface area contributed by atoms with E-state index in [1.165, 1.54) is 31.2 Å². The SMILES string of the molecule is COC1CCCC1NS(=O)(=O)c1ccc(C(C)=O)cc1. The van der Waals surface area contributed by atoms with Crippen LogP contribution in [0.1, 0.15) is 36.5 Å². The van der Waals surface area contributed by atoms with E-state index in [1.54, 1.807) is 7.11 Å². The lowest BCUT2D eigenvalue weighted by atomic mass is 10.2. The predicted molar refractivity (Wildman–Crippen MR) is 75.2 cm³/mol. The average Bonchev–Trinajstić information content (AvgIpc) is 2.85. The first-order valence-electron chi connectivity index (χ1n) is 6.60. The average molecular weight is 297 g/mol. The molecule has 2 unspecified atom stereocenters. The third-order valence-electron chi connectivity index (χ3n) is 3.63. The number of Topliss-reactive ketones (excluding diaryl/α,β-unsaturated/α-hetero) is 1. The molecule has 20 heavy (non-hydrogen) atoms. The van der Waals surface area contributed by atoms with Crippen LogP contribution in [-0.2, 0) is 14.8 Å². The van der Waals surface area contributed by atoms with E-state index in [-0.39, 0.29) is 22.8 Å². The van der Waals surface area contributed by atoms with Crippen molar-refractivity contribution < 1.29 is 17.9 Å². The van der Waals surface area contributed by atoms with Crippen LogP contribution in [0.25, 0.3) is 0 Å². The lowest BCUT2D eigenvalue weighted by molar-refractivity contribution is 0.0916. The van der Waals surface area contributed by atoms with E-state index < -0.39 is 10.0 Å². The van der Waals surface area contributed by atoms with Crippen LogP contribution in [0, 0.1) is 0 Å². The van der Waals surface area contributed by atoms with Gasteiger partial charge < -0.3 is 4.74 Å². The Morgan fingerprint density at radius 1 is 1.25 bits per heavy atom. The highest BCUT2D eigenvalue weighted by atomic mass is 32.2. The van der Waals surface area contributed by atoms with Crippen molar-refractivity contribution >= 4 is 15.8 Å². The highest BCUT2D eigenvalue weighted by molar-refractivity contribution is 7.89. The fraction of sp³-hybridized carbons (Fsp3) is 0.500. The number of benzene rings is 1. The maximum absolute atomic E-state index is 12.3. The standard InChI is InChI=1S/C14H19NO4S/c1-10(16)11-6-8-12(9-7-11)20(17,18)15-13-4-3-5-14(13)19-2/h6-9,13-15H,3-5H2,1-2H3. The second-order valence-electron chi connectivity index (χ2n) is 5.01. The monoisotopic (exact) mass is 297 g/mol. The molecule has 1 aromatic rings. The molecule has 0 saturated heterocycles. The molecule has 0 aromatic heterocycles. The Morgan fingerprint density at radius 3 is 2.45 bits per heavy atom. The van der Waals surface area contributed by atoms with Gasteiger partial charge in [0.1, 0.15) is 0 Å². The van der Waals surface area contributed by atoms with Gasteiger partial charge in [0, 0.05) is 18.7 Å². The summed E-state index contributed by atoms with van der Waals surface area (Å²) in [5, 5.41) is 0. The van der Waals surface area contributed by atoms with Gasteiger partial charge in [-0.15, -0.1) is 0 Å². The number of hydrogen-bond acceptors (Lipinski definition) is 4. The second-order valence-corrected chi connectivity index (χ2v) is 6.73. The molecular weight excluding hydrogens is 278 g/mol. The molecule has 0 spiro atoms. The number of sulfonamides is 1. The predicted octanol–water partition coefficient (Wildman–Crippen LogP) is 1.73. The van der Waals surface area contributed by atoms with Crippen LogP contribution in [0.15, 0.2) is 29.2 Å². The molecule has 1 aliphatic rings. The van der Waals surface area contributed by atoms with Crippen LogP contribution >= 0.6 is 0 Å². The molecule has 2 atom stereocenters. The summed E-state index contributed by atoms with van der Waals surface area (Å²) >= 11 is 0. The van der Waals surface area contributed by atoms with E-state index >= 15 is 0 Å². The number of nitrogens with one attached hydrogen (secondary N) is 1. The summed E-state index contributed by atoms with van der Waals surface area (Å²) in [5.41, 5.74) is 0.500. The summed E-state index contributed by atoms with van der Waals surface area (Å²) in [7, 11) is -1.97. The quantitative estimate of drug-likeness (QED) is 0.840. The maximum Gasteiger partial charge on any atom is 0.240 e. The van der Waals surface area contributed by atoms with Gasteiger partial charge in [0.15, 0.2) is 5.78 Å². The highest BCUT2D eigenvalue weighted by Gasteiger charge is 2.31. The topological polar surface area (TPSA) is 72.5 Å². The molecule has 0 heterocycles. The minimum atomic E-state index is -3.57. The number of rotatable bonds is 5. The molecule has 1 aromatic carbocycles. The molecule has 0 bridgehead atoms. The molecule has 1 aliphatic carbocycles. The van der Waals surface area contributed by atoms with Gasteiger partial charge in [0.05, 0.1) is 11.0 Å². The fourth-order valence-corrected chi connectivity index (χ4v) is 3.78. The van der Waals surface area contributed by atoms with Crippen LogP contribution in [-0.4, -0.2) is 33.5 Å². The van der Waals surface area contributed by atoms with Crippen molar-refractivity contribution in [1.29, 1.82) is 0 Å². The summed E-state index contributed by atoms with van der Waals surface area (Å²) in [6.45, 7) is 1.45. The van der Waals surface area contributed by atoms with E-state index in [9.17, 15) is 13.2 Å². The van der Waals surface area contributed by atoms with E-state index in [0.717, 1.165) is 19.3 Å². The van der Waals surface area contributed by atoms with Gasteiger partial charge in [-0.05, 0) is 38.3 Å². The molecule has 2 rings (SSSR count). The van der Waals surface area contributed by atoms with Gasteiger partial charge in [-0.25, -0.2) is 13.1 Å². The largest absolute Gasteiger partial charge is 0.380 e. The fourth-order valence-electron chi connectivity index (χ4n) is 2.48. The van der Waals surface area contributed by atoms with Crippen LogP contribution in [0.4, 0.5) is 0 Å². The normalized spacial score (nSPS) is 22.9. The van der Waals surface area contributed by atoms with Crippen molar-refractivity contribution in [3.63, 3.8) is 0 Å². The van der Waals surface area contributed by atoms with Crippen LogP contribution in [0.2, 0.25) is 0 Å². The Bertz CT molecular complexity index is 580. The minimum absolute atomic E-state index is 0.0683. The van der Waals surface area contributed by atoms with Crippen molar-refractivity contribution in [2.75, 3.05) is 7.11 Å². The number of methoxy groups -OCH3 is 1. The molecular formula is C14H19NO4S. The first-order chi connectivity index (χ1) is 9.44. The third kappa shape index (κ3) is 3.26. The van der Waals surface area contributed by atoms with E-state index in [4.69, 9.17) is 4.74 Å². The van der Waals surface area contributed by atoms with Crippen molar-refractivity contribution in [2.24, 2.45) is 0 Å². The highest BCUT2D eigenvalue weighted by Crippen LogP contribution is 2.23. The Kier molecular flexibility index (Phi) is 4.57. The lowest BCUT2D eigenvalue weighted by Crippen LogP contribution is -2.40. The van der Waals surface area contributed by atoms with E-state index in [2.05, 4.69) is 4.72 Å². The maximum atomic E-state index is 12.3. The van der Waals surface area contributed by atoms with Gasteiger partial charge >= 0.3 is 0 Å². The Hall–Kier alpha value is -1.24. The summed E-state index contributed by atoms with van der Waals surface area (Å²) in [6, 6.07) is 5.78. The van der Waals surface area contributed by atoms with E-state index in [1.807, 2.05) is 0 Å². The second kappa shape index (κ2) is 6.03. The Labute approximate surface area is 119 Å². The number of ketones is 1. The van der Waals surface area contributed by atoms with Gasteiger partial charge in [0.25, 0.3) is 0 Å². The lowest BCUT2D eigenvalue weighted by Gasteiger charge is -2.19. The van der Waals surface area contributed by atoms with Gasteiger partial charge in [-0.1, -0.05) is 12.1 Å². The van der Waals surface area contributed by atoms with Crippen molar-refractivity contribution in [2.45, 2.75) is 43.2 Å². The molecule has 0 radical (unpaired) electrons. The molecule has 0 aliphatic heterocycles. The molecule has 6 heteroatoms. The van der Waals surface area contributed by atoms with Crippen LogP contribution < -0.4 is 4.72 Å². The summed E-state index contributed by atoms with van der Waals surface area (Å²) in [4.78, 5) is 11.4. The molecule has 1 saturated carbocycles. The van der Waals surface area contributed by atoms with Crippen LogP contribution in [0.3, 0.4) is 0 Å². The molecule has 110 valence electrons. The number of ether oxygens (including phenoxy) is 1. The van der Waals surface area contributed by atoms with Crippen molar-refractivity contribution in [3.05, 3.63) is 29.8 Å². The molecule has 1 fully saturated rings.